The van der Waals surface area contributed by atoms with Crippen molar-refractivity contribution >= 4 is 22.3 Å². The molecule has 0 saturated heterocycles. The lowest BCUT2D eigenvalue weighted by atomic mass is 10.0. The minimum Gasteiger partial charge on any atom is -0.497 e. The van der Waals surface area contributed by atoms with E-state index in [1.165, 1.54) is 5.56 Å². The number of rotatable bonds is 6. The Morgan fingerprint density at radius 1 is 0.556 bits per heavy atom. The Morgan fingerprint density at radius 3 is 1.44 bits per heavy atom. The van der Waals surface area contributed by atoms with E-state index in [1.807, 2.05) is 48.5 Å². The molecule has 5 heteroatoms. The lowest BCUT2D eigenvalue weighted by molar-refractivity contribution is 0.100. The maximum atomic E-state index is 11.2. The second kappa shape index (κ2) is 14.3. The zero-order valence-corrected chi connectivity index (χ0v) is 21.8. The minimum atomic E-state index is 0.0765. The summed E-state index contributed by atoms with van der Waals surface area (Å²) in [5.74, 6) is 2.70. The number of carbonyl (C=O) groups excluding carboxylic acids is 2. The molecule has 0 N–H and O–H groups in total. The van der Waals surface area contributed by atoms with Crippen LogP contribution in [0, 0.1) is 0 Å². The van der Waals surface area contributed by atoms with E-state index in [0.29, 0.717) is 5.56 Å². The summed E-state index contributed by atoms with van der Waals surface area (Å²) in [5.41, 5.74) is 2.80. The number of hydrogen-bond donors (Lipinski definition) is 0. The molecule has 4 aromatic rings. The van der Waals surface area contributed by atoms with Gasteiger partial charge in [-0.05, 0) is 91.2 Å². The van der Waals surface area contributed by atoms with Crippen LogP contribution >= 0.6 is 0 Å². The molecule has 5 nitrogen and oxygen atoms in total. The summed E-state index contributed by atoms with van der Waals surface area (Å²) in [6.45, 7) is 5.26. The molecule has 0 spiro atoms. The smallest absolute Gasteiger partial charge is 0.159 e. The van der Waals surface area contributed by atoms with Crippen LogP contribution in [0.4, 0.5) is 0 Å². The van der Waals surface area contributed by atoms with Gasteiger partial charge in [0, 0.05) is 11.1 Å². The van der Waals surface area contributed by atoms with Gasteiger partial charge in [-0.2, -0.15) is 0 Å². The van der Waals surface area contributed by atoms with E-state index in [1.54, 1.807) is 59.4 Å². The molecule has 0 amide bonds. The van der Waals surface area contributed by atoms with E-state index in [9.17, 15) is 9.59 Å². The van der Waals surface area contributed by atoms with Crippen LogP contribution in [0.15, 0.2) is 84.9 Å². The number of hydrogen-bond acceptors (Lipinski definition) is 5. The second-order valence-electron chi connectivity index (χ2n) is 7.97. The standard InChI is InChI=1S/C13H12O2.C9H10O2.C9H12O/c1-9(14)10-3-4-12-8-13(15-2)6-5-11(12)7-10;1-7(10)8-3-5-9(11-2)6-4-8;1-3-8-4-6-9(10-2)7-5-8/h3-8H,1-2H3;3-6H,1-2H3;4-7H,3H2,1-2H3. The molecular formula is C31H34O5. The first-order valence-electron chi connectivity index (χ1n) is 11.7. The van der Waals surface area contributed by atoms with Crippen molar-refractivity contribution in [1.29, 1.82) is 0 Å². The van der Waals surface area contributed by atoms with Crippen LogP contribution in [-0.4, -0.2) is 32.9 Å². The number of ether oxygens (including phenoxy) is 3. The molecule has 4 rings (SSSR count). The van der Waals surface area contributed by atoms with Crippen molar-refractivity contribution in [3.63, 3.8) is 0 Å². The van der Waals surface area contributed by atoms with Crippen molar-refractivity contribution in [3.8, 4) is 17.2 Å². The fraction of sp³-hybridized carbons (Fsp3) is 0.226. The maximum absolute atomic E-state index is 11.2. The molecule has 0 aliphatic rings. The summed E-state index contributed by atoms with van der Waals surface area (Å²) in [6.07, 6.45) is 1.09. The molecule has 0 aliphatic carbocycles. The van der Waals surface area contributed by atoms with Gasteiger partial charge in [-0.1, -0.05) is 37.3 Å². The Bertz CT molecular complexity index is 1240. The van der Waals surface area contributed by atoms with Gasteiger partial charge in [0.1, 0.15) is 17.2 Å². The molecule has 0 fully saturated rings. The molecule has 0 saturated carbocycles. The van der Waals surface area contributed by atoms with E-state index >= 15 is 0 Å². The highest BCUT2D eigenvalue weighted by Crippen LogP contribution is 2.22. The number of fused-ring (bicyclic) bond motifs is 1. The van der Waals surface area contributed by atoms with Gasteiger partial charge in [-0.3, -0.25) is 9.59 Å². The van der Waals surface area contributed by atoms with E-state index < -0.39 is 0 Å². The second-order valence-corrected chi connectivity index (χ2v) is 7.97. The van der Waals surface area contributed by atoms with E-state index in [2.05, 4.69) is 19.1 Å². The predicted molar refractivity (Wildman–Crippen MR) is 146 cm³/mol. The number of ketones is 2. The monoisotopic (exact) mass is 486 g/mol. The van der Waals surface area contributed by atoms with Gasteiger partial charge in [-0.25, -0.2) is 0 Å². The van der Waals surface area contributed by atoms with Crippen LogP contribution in [0.1, 0.15) is 47.1 Å². The first-order chi connectivity index (χ1) is 17.3. The number of Topliss-reactive ketones (excluding diaryl/α,β-unsaturated/α-hetero) is 2. The van der Waals surface area contributed by atoms with E-state index in [-0.39, 0.29) is 11.6 Å². The van der Waals surface area contributed by atoms with Gasteiger partial charge < -0.3 is 14.2 Å². The van der Waals surface area contributed by atoms with Gasteiger partial charge in [0.25, 0.3) is 0 Å². The molecule has 0 bridgehead atoms. The molecule has 0 heterocycles. The van der Waals surface area contributed by atoms with Crippen LogP contribution in [0.2, 0.25) is 0 Å². The molecule has 4 aromatic carbocycles. The van der Waals surface area contributed by atoms with Gasteiger partial charge in [0.15, 0.2) is 11.6 Å². The van der Waals surface area contributed by atoms with Crippen molar-refractivity contribution in [2.75, 3.05) is 21.3 Å². The van der Waals surface area contributed by atoms with E-state index in [0.717, 1.165) is 40.0 Å². The zero-order valence-electron chi connectivity index (χ0n) is 21.8. The van der Waals surface area contributed by atoms with Gasteiger partial charge in [0.2, 0.25) is 0 Å². The third kappa shape index (κ3) is 8.58. The van der Waals surface area contributed by atoms with Crippen molar-refractivity contribution in [2.24, 2.45) is 0 Å². The molecule has 36 heavy (non-hydrogen) atoms. The van der Waals surface area contributed by atoms with Crippen molar-refractivity contribution in [2.45, 2.75) is 27.2 Å². The molecule has 0 unspecified atom stereocenters. The Labute approximate surface area is 213 Å². The average molecular weight is 487 g/mol. The van der Waals surface area contributed by atoms with Crippen LogP contribution in [-0.2, 0) is 6.42 Å². The summed E-state index contributed by atoms with van der Waals surface area (Å²) in [6, 6.07) is 26.7. The SMILES string of the molecule is CCc1ccc(OC)cc1.COc1ccc(C(C)=O)cc1.COc1ccc2cc(C(C)=O)ccc2c1. The molecule has 0 radical (unpaired) electrons. The molecule has 0 aliphatic heterocycles. The number of methoxy groups -OCH3 is 3. The lowest BCUT2D eigenvalue weighted by Gasteiger charge is -2.03. The van der Waals surface area contributed by atoms with Crippen LogP contribution in [0.25, 0.3) is 10.8 Å². The predicted octanol–water partition coefficient (Wildman–Crippen LogP) is 7.21. The first kappa shape index (κ1) is 28.1. The summed E-state index contributed by atoms with van der Waals surface area (Å²) in [5, 5.41) is 2.14. The quantitative estimate of drug-likeness (QED) is 0.270. The molecule has 0 aromatic heterocycles. The Balaban J connectivity index is 0.000000196. The zero-order chi connectivity index (χ0) is 26.5. The highest BCUT2D eigenvalue weighted by atomic mass is 16.5. The van der Waals surface area contributed by atoms with Crippen LogP contribution in [0.3, 0.4) is 0 Å². The van der Waals surface area contributed by atoms with Crippen molar-refractivity contribution in [3.05, 3.63) is 102 Å². The van der Waals surface area contributed by atoms with Gasteiger partial charge in [-0.15, -0.1) is 0 Å². The topological polar surface area (TPSA) is 61.8 Å². The third-order valence-electron chi connectivity index (χ3n) is 5.52. The Hall–Kier alpha value is -4.12. The summed E-state index contributed by atoms with van der Waals surface area (Å²) < 4.78 is 15.1. The van der Waals surface area contributed by atoms with Crippen LogP contribution < -0.4 is 14.2 Å². The Kier molecular flexibility index (Phi) is 11.2. The summed E-state index contributed by atoms with van der Waals surface area (Å²) in [4.78, 5) is 22.0. The molecule has 0 atom stereocenters. The Morgan fingerprint density at radius 2 is 0.972 bits per heavy atom. The third-order valence-corrected chi connectivity index (χ3v) is 5.52. The first-order valence-corrected chi connectivity index (χ1v) is 11.7. The average Bonchev–Trinajstić information content (AvgIpc) is 2.93. The van der Waals surface area contributed by atoms with Crippen LogP contribution in [0.5, 0.6) is 17.2 Å². The van der Waals surface area contributed by atoms with Gasteiger partial charge >= 0.3 is 0 Å². The van der Waals surface area contributed by atoms with Crippen molar-refractivity contribution in [1.82, 2.24) is 0 Å². The number of aryl methyl sites for hydroxylation is 1. The van der Waals surface area contributed by atoms with Crippen molar-refractivity contribution < 1.29 is 23.8 Å². The number of carbonyl (C=O) groups is 2. The summed E-state index contributed by atoms with van der Waals surface area (Å²) in [7, 11) is 4.93. The molecule has 188 valence electrons. The highest BCUT2D eigenvalue weighted by Gasteiger charge is 2.01. The van der Waals surface area contributed by atoms with Gasteiger partial charge in [0.05, 0.1) is 21.3 Å². The minimum absolute atomic E-state index is 0.0765. The normalized spacial score (nSPS) is 9.72. The van der Waals surface area contributed by atoms with E-state index in [4.69, 9.17) is 14.2 Å². The maximum Gasteiger partial charge on any atom is 0.159 e. The largest absolute Gasteiger partial charge is 0.497 e. The fourth-order valence-electron chi connectivity index (χ4n) is 3.26. The molecular weight excluding hydrogens is 452 g/mol. The fourth-order valence-corrected chi connectivity index (χ4v) is 3.26. The number of benzene rings is 4. The lowest BCUT2D eigenvalue weighted by Crippen LogP contribution is -1.91. The summed E-state index contributed by atoms with van der Waals surface area (Å²) >= 11 is 0. The highest BCUT2D eigenvalue weighted by molar-refractivity contribution is 5.98.